The molecule has 154 valence electrons. The molecule has 0 heterocycles. The van der Waals surface area contributed by atoms with Crippen molar-refractivity contribution < 1.29 is 9.53 Å². The number of amides is 1. The molecule has 3 rings (SSSR count). The van der Waals surface area contributed by atoms with Crippen LogP contribution >= 0.6 is 35.0 Å². The van der Waals surface area contributed by atoms with Crippen LogP contribution in [0.25, 0.3) is 0 Å². The van der Waals surface area contributed by atoms with E-state index < -0.39 is 0 Å². The van der Waals surface area contributed by atoms with Gasteiger partial charge in [-0.15, -0.1) is 11.8 Å². The lowest BCUT2D eigenvalue weighted by Crippen LogP contribution is -2.19. The fourth-order valence-corrected chi connectivity index (χ4v) is 3.71. The molecule has 0 atom stereocenters. The Bertz CT molecular complexity index is 993. The summed E-state index contributed by atoms with van der Waals surface area (Å²) >= 11 is 13.5. The number of ether oxygens (including phenoxy) is 1. The number of carbonyl (C=O) groups is 1. The monoisotopic (exact) mass is 458 g/mol. The summed E-state index contributed by atoms with van der Waals surface area (Å²) in [5.74, 6) is 1.57. The molecule has 0 spiro atoms. The predicted octanol–water partition coefficient (Wildman–Crippen LogP) is 5.96. The molecule has 3 aromatic carbocycles. The lowest BCUT2D eigenvalue weighted by molar-refractivity contribution is -0.118. The predicted molar refractivity (Wildman–Crippen MR) is 126 cm³/mol. The third-order valence-electron chi connectivity index (χ3n) is 4.05. The quantitative estimate of drug-likeness (QED) is 0.318. The second-order valence-corrected chi connectivity index (χ2v) is 8.19. The molecule has 0 radical (unpaired) electrons. The second-order valence-electron chi connectivity index (χ2n) is 6.36. The van der Waals surface area contributed by atoms with Crippen molar-refractivity contribution in [2.45, 2.75) is 12.4 Å². The lowest BCUT2D eigenvalue weighted by Gasteiger charge is -2.06. The SMILES string of the molecule is O=C(CSCc1ccccc1Cl)N/N=C\c1ccc(OCc2ccc(Cl)cc2)cc1. The first-order chi connectivity index (χ1) is 14.6. The van der Waals surface area contributed by atoms with Gasteiger partial charge in [-0.2, -0.15) is 5.10 Å². The third kappa shape index (κ3) is 7.41. The van der Waals surface area contributed by atoms with E-state index in [0.717, 1.165) is 22.4 Å². The van der Waals surface area contributed by atoms with Crippen molar-refractivity contribution >= 4 is 47.1 Å². The van der Waals surface area contributed by atoms with Crippen LogP contribution in [0.15, 0.2) is 77.9 Å². The number of halogens is 2. The summed E-state index contributed by atoms with van der Waals surface area (Å²) < 4.78 is 5.75. The number of carbonyl (C=O) groups excluding carboxylic acids is 1. The van der Waals surface area contributed by atoms with Gasteiger partial charge in [-0.3, -0.25) is 4.79 Å². The van der Waals surface area contributed by atoms with Gasteiger partial charge in [0.2, 0.25) is 5.91 Å². The Morgan fingerprint density at radius 3 is 2.47 bits per heavy atom. The van der Waals surface area contributed by atoms with Crippen LogP contribution in [-0.4, -0.2) is 17.9 Å². The van der Waals surface area contributed by atoms with Crippen molar-refractivity contribution in [1.29, 1.82) is 0 Å². The van der Waals surface area contributed by atoms with E-state index >= 15 is 0 Å². The van der Waals surface area contributed by atoms with Crippen molar-refractivity contribution in [3.8, 4) is 5.75 Å². The molecule has 4 nitrogen and oxygen atoms in total. The van der Waals surface area contributed by atoms with Gasteiger partial charge in [0.1, 0.15) is 12.4 Å². The van der Waals surface area contributed by atoms with Gasteiger partial charge in [-0.05, 0) is 59.2 Å². The Hall–Kier alpha value is -2.47. The molecular weight excluding hydrogens is 439 g/mol. The summed E-state index contributed by atoms with van der Waals surface area (Å²) in [6.45, 7) is 0.465. The molecule has 0 aromatic heterocycles. The molecule has 1 N–H and O–H groups in total. The minimum atomic E-state index is -0.161. The maximum atomic E-state index is 11.9. The van der Waals surface area contributed by atoms with Gasteiger partial charge in [-0.1, -0.05) is 53.5 Å². The summed E-state index contributed by atoms with van der Waals surface area (Å²) in [7, 11) is 0. The Labute approximate surface area is 190 Å². The number of rotatable bonds is 9. The molecule has 1 amide bonds. The highest BCUT2D eigenvalue weighted by molar-refractivity contribution is 7.99. The van der Waals surface area contributed by atoms with Crippen molar-refractivity contribution in [3.05, 3.63) is 99.5 Å². The average Bonchev–Trinajstić information content (AvgIpc) is 2.76. The number of hydrazone groups is 1. The molecule has 0 aliphatic heterocycles. The van der Waals surface area contributed by atoms with E-state index in [1.165, 1.54) is 11.8 Å². The van der Waals surface area contributed by atoms with E-state index in [1.54, 1.807) is 6.21 Å². The van der Waals surface area contributed by atoms with Gasteiger partial charge in [0, 0.05) is 15.8 Å². The molecule has 3 aromatic rings. The topological polar surface area (TPSA) is 50.7 Å². The fraction of sp³-hybridized carbons (Fsp3) is 0.130. The summed E-state index contributed by atoms with van der Waals surface area (Å²) in [5.41, 5.74) is 5.45. The molecule has 0 aliphatic rings. The van der Waals surface area contributed by atoms with E-state index in [9.17, 15) is 4.79 Å². The Kier molecular flexibility index (Phi) is 8.63. The van der Waals surface area contributed by atoms with Crippen LogP contribution in [0.4, 0.5) is 0 Å². The standard InChI is InChI=1S/C23H20Cl2N2O2S/c24-20-9-5-18(6-10-20)14-29-21-11-7-17(8-12-21)13-26-27-23(28)16-30-15-19-3-1-2-4-22(19)25/h1-13H,14-16H2,(H,27,28)/b26-13-. The minimum absolute atomic E-state index is 0.161. The lowest BCUT2D eigenvalue weighted by atomic mass is 10.2. The van der Waals surface area contributed by atoms with Gasteiger partial charge in [0.25, 0.3) is 0 Å². The summed E-state index contributed by atoms with van der Waals surface area (Å²) in [6, 6.07) is 22.6. The summed E-state index contributed by atoms with van der Waals surface area (Å²) in [4.78, 5) is 11.9. The van der Waals surface area contributed by atoms with Crippen LogP contribution < -0.4 is 10.2 Å². The van der Waals surface area contributed by atoms with Crippen molar-refractivity contribution in [2.75, 3.05) is 5.75 Å². The second kappa shape index (κ2) is 11.6. The maximum absolute atomic E-state index is 11.9. The zero-order valence-electron chi connectivity index (χ0n) is 16.1. The fourth-order valence-electron chi connectivity index (χ4n) is 2.48. The molecule has 0 bridgehead atoms. The van der Waals surface area contributed by atoms with Gasteiger partial charge < -0.3 is 4.74 Å². The van der Waals surface area contributed by atoms with Crippen LogP contribution in [0.2, 0.25) is 10.0 Å². The first-order valence-electron chi connectivity index (χ1n) is 9.20. The normalized spacial score (nSPS) is 10.9. The molecule has 0 fully saturated rings. The average molecular weight is 459 g/mol. The molecule has 0 saturated carbocycles. The number of benzene rings is 3. The third-order valence-corrected chi connectivity index (χ3v) is 5.65. The number of hydrogen-bond acceptors (Lipinski definition) is 4. The van der Waals surface area contributed by atoms with Gasteiger partial charge >= 0.3 is 0 Å². The van der Waals surface area contributed by atoms with Gasteiger partial charge in [0.05, 0.1) is 12.0 Å². The number of nitrogens with zero attached hydrogens (tertiary/aromatic N) is 1. The molecular formula is C23H20Cl2N2O2S. The first-order valence-corrected chi connectivity index (χ1v) is 11.1. The molecule has 7 heteroatoms. The molecule has 0 saturated heterocycles. The highest BCUT2D eigenvalue weighted by atomic mass is 35.5. The van der Waals surface area contributed by atoms with E-state index in [-0.39, 0.29) is 5.91 Å². The smallest absolute Gasteiger partial charge is 0.250 e. The van der Waals surface area contributed by atoms with Crippen LogP contribution in [0, 0.1) is 0 Å². The minimum Gasteiger partial charge on any atom is -0.489 e. The molecule has 0 unspecified atom stereocenters. The van der Waals surface area contributed by atoms with E-state index in [4.69, 9.17) is 27.9 Å². The Balaban J connectivity index is 1.38. The van der Waals surface area contributed by atoms with Crippen LogP contribution in [0.1, 0.15) is 16.7 Å². The maximum Gasteiger partial charge on any atom is 0.250 e. The number of thioether (sulfide) groups is 1. The Morgan fingerprint density at radius 2 is 1.73 bits per heavy atom. The molecule has 0 aliphatic carbocycles. The zero-order valence-corrected chi connectivity index (χ0v) is 18.4. The summed E-state index contributed by atoms with van der Waals surface area (Å²) in [5, 5.41) is 5.41. The van der Waals surface area contributed by atoms with E-state index in [0.29, 0.717) is 28.2 Å². The van der Waals surface area contributed by atoms with Crippen molar-refractivity contribution in [3.63, 3.8) is 0 Å². The first kappa shape index (κ1) is 22.2. The number of nitrogens with one attached hydrogen (secondary N) is 1. The largest absolute Gasteiger partial charge is 0.489 e. The van der Waals surface area contributed by atoms with Gasteiger partial charge in [-0.25, -0.2) is 5.43 Å². The highest BCUT2D eigenvalue weighted by Gasteiger charge is 2.03. The molecule has 30 heavy (non-hydrogen) atoms. The van der Waals surface area contributed by atoms with Crippen LogP contribution in [0.3, 0.4) is 0 Å². The van der Waals surface area contributed by atoms with Gasteiger partial charge in [0.15, 0.2) is 0 Å². The summed E-state index contributed by atoms with van der Waals surface area (Å²) in [6.07, 6.45) is 1.60. The van der Waals surface area contributed by atoms with Crippen molar-refractivity contribution in [1.82, 2.24) is 5.43 Å². The highest BCUT2D eigenvalue weighted by Crippen LogP contribution is 2.20. The number of hydrogen-bond donors (Lipinski definition) is 1. The van der Waals surface area contributed by atoms with Crippen molar-refractivity contribution in [2.24, 2.45) is 5.10 Å². The van der Waals surface area contributed by atoms with E-state index in [1.807, 2.05) is 72.8 Å². The zero-order chi connectivity index (χ0) is 21.2. The van der Waals surface area contributed by atoms with E-state index in [2.05, 4.69) is 10.5 Å². The Morgan fingerprint density at radius 1 is 1.00 bits per heavy atom. The van der Waals surface area contributed by atoms with Crippen LogP contribution in [-0.2, 0) is 17.2 Å². The van der Waals surface area contributed by atoms with Crippen LogP contribution in [0.5, 0.6) is 5.75 Å².